The lowest BCUT2D eigenvalue weighted by molar-refractivity contribution is 0.0993. The lowest BCUT2D eigenvalue weighted by Crippen LogP contribution is -2.39. The normalized spacial score (nSPS) is 18.2. The number of halogens is 3. The van der Waals surface area contributed by atoms with Crippen LogP contribution in [0.1, 0.15) is 108 Å². The molecule has 0 bridgehead atoms. The van der Waals surface area contributed by atoms with Crippen LogP contribution in [0.3, 0.4) is 0 Å². The molecule has 12 N–H and O–H groups in total. The molecule has 6 aromatic heterocycles. The van der Waals surface area contributed by atoms with Crippen LogP contribution in [0.5, 0.6) is 34.9 Å². The van der Waals surface area contributed by atoms with Gasteiger partial charge < -0.3 is 63.3 Å². The van der Waals surface area contributed by atoms with E-state index in [0.717, 1.165) is 38.5 Å². The predicted octanol–water partition coefficient (Wildman–Crippen LogP) is 10.7. The molecule has 492 valence electrons. The van der Waals surface area contributed by atoms with Crippen LogP contribution in [0.15, 0.2) is 128 Å². The number of carbonyl (C=O) groups is 3. The van der Waals surface area contributed by atoms with Gasteiger partial charge in [-0.15, -0.1) is 0 Å². The van der Waals surface area contributed by atoms with Gasteiger partial charge in [0, 0.05) is 71.6 Å². The Labute approximate surface area is 566 Å². The lowest BCUT2D eigenvalue weighted by Gasteiger charge is -2.34. The highest BCUT2D eigenvalue weighted by molar-refractivity contribution is 6.31. The van der Waals surface area contributed by atoms with Crippen LogP contribution in [-0.2, 0) is 0 Å². The molecule has 9 heterocycles. The molecule has 0 radical (unpaired) electrons. The van der Waals surface area contributed by atoms with Crippen molar-refractivity contribution >= 4 is 70.0 Å². The van der Waals surface area contributed by atoms with Gasteiger partial charge in [-0.1, -0.05) is 34.8 Å². The molecule has 30 heteroatoms. The number of aromatic nitrogens is 9. The van der Waals surface area contributed by atoms with E-state index in [9.17, 15) is 30.2 Å². The van der Waals surface area contributed by atoms with E-state index in [2.05, 4.69) is 48.8 Å². The van der Waals surface area contributed by atoms with Crippen LogP contribution < -0.4 is 48.6 Å². The second-order valence-electron chi connectivity index (χ2n) is 23.1. The zero-order chi connectivity index (χ0) is 68.5. The second kappa shape index (κ2) is 29.8. The summed E-state index contributed by atoms with van der Waals surface area (Å²) in [5.74, 6) is 1.53. The summed E-state index contributed by atoms with van der Waals surface area (Å²) < 4.78 is 22.0. The van der Waals surface area contributed by atoms with Crippen molar-refractivity contribution in [3.05, 3.63) is 160 Å². The van der Waals surface area contributed by atoms with Gasteiger partial charge in [0.25, 0.3) is 17.7 Å². The van der Waals surface area contributed by atoms with Crippen LogP contribution in [0.25, 0.3) is 33.8 Å². The van der Waals surface area contributed by atoms with Crippen molar-refractivity contribution in [3.63, 3.8) is 0 Å². The van der Waals surface area contributed by atoms with E-state index >= 15 is 0 Å². The molecule has 3 aromatic carbocycles. The van der Waals surface area contributed by atoms with Crippen molar-refractivity contribution in [2.75, 3.05) is 36.8 Å². The monoisotopic (exact) mass is 1350 g/mol. The number of primary amides is 3. The number of anilines is 3. The van der Waals surface area contributed by atoms with Crippen LogP contribution in [0.4, 0.5) is 17.5 Å². The van der Waals surface area contributed by atoms with Crippen molar-refractivity contribution < 1.29 is 28.6 Å². The van der Waals surface area contributed by atoms with E-state index in [4.69, 9.17) is 83.4 Å². The Morgan fingerprint density at radius 1 is 0.417 bits per heavy atom. The first-order valence-corrected chi connectivity index (χ1v) is 31.5. The third-order valence-electron chi connectivity index (χ3n) is 16.7. The number of ether oxygens (including phenoxy) is 3. The molecule has 0 saturated carbocycles. The molecule has 3 aliphatic heterocycles. The first kappa shape index (κ1) is 67.6. The minimum Gasteiger partial charge on any atom is -0.439 e. The van der Waals surface area contributed by atoms with Gasteiger partial charge in [0.15, 0.2) is 18.6 Å². The molecule has 27 nitrogen and oxygen atoms in total. The van der Waals surface area contributed by atoms with E-state index in [0.29, 0.717) is 103 Å². The Kier molecular flexibility index (Phi) is 20.9. The van der Waals surface area contributed by atoms with Gasteiger partial charge in [-0.3, -0.25) is 14.4 Å². The zero-order valence-electron chi connectivity index (χ0n) is 52.2. The Bertz CT molecular complexity index is 3950. The topological polar surface area (TPSA) is 408 Å². The third kappa shape index (κ3) is 15.3. The van der Waals surface area contributed by atoms with Crippen LogP contribution in [-0.4, -0.2) is 114 Å². The number of nitrogens with zero attached hydrogens (tertiary/aromatic N) is 15. The highest BCUT2D eigenvalue weighted by Crippen LogP contribution is 2.38. The van der Waals surface area contributed by atoms with Crippen LogP contribution in [0.2, 0.25) is 15.1 Å². The van der Waals surface area contributed by atoms with Crippen molar-refractivity contribution in [2.45, 2.75) is 95.5 Å². The predicted molar refractivity (Wildman–Crippen MR) is 360 cm³/mol. The fourth-order valence-corrected chi connectivity index (χ4v) is 11.8. The molecule has 0 spiro atoms. The molecule has 3 aliphatic rings. The van der Waals surface area contributed by atoms with Gasteiger partial charge in [-0.05, 0) is 150 Å². The number of rotatable bonds is 15. The van der Waals surface area contributed by atoms with Gasteiger partial charge in [-0.25, -0.2) is 29.0 Å². The average Bonchev–Trinajstić information content (AvgIpc) is 1.64. The van der Waals surface area contributed by atoms with Gasteiger partial charge in [0.05, 0.1) is 52.8 Å². The van der Waals surface area contributed by atoms with Crippen molar-refractivity contribution in [3.8, 4) is 87.2 Å². The standard InChI is InChI=1S/3C22H22ClN7O2/c3*1-13-2-6-16(11-29(13)12-24)30-21(25)19(22(26)31)20(28-30)14-3-7-17(8-4-14)32-18-9-5-15(23)10-27-18/h3*3-5,7-10,13,16H,2,6,11,25H2,1H3,(H2,26,31)/t2*13-,16+;/m10./s1. The summed E-state index contributed by atoms with van der Waals surface area (Å²) >= 11 is 17.5. The minimum atomic E-state index is -0.657. The molecule has 9 aromatic rings. The maximum atomic E-state index is 12.2. The molecule has 96 heavy (non-hydrogen) atoms. The first-order chi connectivity index (χ1) is 46.1. The van der Waals surface area contributed by atoms with Gasteiger partial charge in [-0.2, -0.15) is 31.1 Å². The summed E-state index contributed by atoms with van der Waals surface area (Å²) in [7, 11) is 0. The number of nitrogen functional groups attached to an aromatic ring is 3. The molecule has 12 rings (SSSR count). The number of benzene rings is 3. The van der Waals surface area contributed by atoms with E-state index in [1.807, 2.05) is 20.8 Å². The summed E-state index contributed by atoms with van der Waals surface area (Å²) in [6.45, 7) is 7.45. The number of hydrogen-bond acceptors (Lipinski definition) is 21. The molecule has 3 fully saturated rings. The van der Waals surface area contributed by atoms with Crippen molar-refractivity contribution in [2.24, 2.45) is 17.2 Å². The minimum absolute atomic E-state index is 0.128. The van der Waals surface area contributed by atoms with Crippen molar-refractivity contribution in [1.82, 2.24) is 59.0 Å². The first-order valence-electron chi connectivity index (χ1n) is 30.3. The molecular weight excluding hydrogens is 1290 g/mol. The van der Waals surface area contributed by atoms with Gasteiger partial charge in [0.2, 0.25) is 17.6 Å². The maximum absolute atomic E-state index is 12.2. The molecule has 3 amide bonds. The lowest BCUT2D eigenvalue weighted by atomic mass is 10.00. The number of nitriles is 3. The Hall–Kier alpha value is -11.3. The van der Waals surface area contributed by atoms with Gasteiger partial charge in [0.1, 0.15) is 68.5 Å². The number of carbonyl (C=O) groups excluding carboxylic acids is 3. The molecular formula is C66H66Cl3N21O6. The summed E-state index contributed by atoms with van der Waals surface area (Å²) in [5.41, 5.74) is 39.5. The van der Waals surface area contributed by atoms with Crippen LogP contribution in [0, 0.1) is 34.4 Å². The molecule has 0 aliphatic carbocycles. The van der Waals surface area contributed by atoms with E-state index in [1.54, 1.807) is 138 Å². The molecule has 6 atom stereocenters. The number of nitrogens with two attached hydrogens (primary N) is 6. The summed E-state index contributed by atoms with van der Waals surface area (Å²) in [4.78, 5) is 54.0. The second-order valence-corrected chi connectivity index (χ2v) is 24.4. The number of piperidine rings is 3. The largest absolute Gasteiger partial charge is 0.439 e. The van der Waals surface area contributed by atoms with E-state index in [-0.39, 0.29) is 70.4 Å². The Morgan fingerprint density at radius 3 is 0.875 bits per heavy atom. The summed E-state index contributed by atoms with van der Waals surface area (Å²) in [6, 6.07) is 31.2. The van der Waals surface area contributed by atoms with Gasteiger partial charge >= 0.3 is 0 Å². The quantitative estimate of drug-likeness (QED) is 0.0519. The molecule has 3 saturated heterocycles. The smallest absolute Gasteiger partial charge is 0.254 e. The van der Waals surface area contributed by atoms with Crippen LogP contribution >= 0.6 is 34.8 Å². The van der Waals surface area contributed by atoms with Crippen molar-refractivity contribution in [1.29, 1.82) is 15.8 Å². The van der Waals surface area contributed by atoms with E-state index < -0.39 is 17.7 Å². The number of hydrogen-bond donors (Lipinski definition) is 6. The highest BCUT2D eigenvalue weighted by atomic mass is 35.5. The highest BCUT2D eigenvalue weighted by Gasteiger charge is 2.34. The molecule has 2 unspecified atom stereocenters. The number of pyridine rings is 3. The SMILES string of the molecule is CC1CCC(n2nc(-c3ccc(Oc4ccc(Cl)cn4)cc3)c(C(N)=O)c2N)CN1C#N.C[C@@H]1CC[C@H](n2nc(-c3ccc(Oc4ccc(Cl)cn4)cc3)c(C(N)=O)c2N)CN1C#N.C[C@H]1CC[C@@H](n2nc(-c3ccc(Oc4ccc(Cl)cn4)cc3)c(C(N)=O)c2N)CN1C#N. The van der Waals surface area contributed by atoms with E-state index in [1.165, 1.54) is 18.6 Å². The average molecular weight is 1360 g/mol. The zero-order valence-corrected chi connectivity index (χ0v) is 54.5. The summed E-state index contributed by atoms with van der Waals surface area (Å²) in [5, 5.41) is 43.6. The third-order valence-corrected chi connectivity index (χ3v) is 17.4. The fourth-order valence-electron chi connectivity index (χ4n) is 11.5. The number of likely N-dealkylation sites (tertiary alicyclic amines) is 3. The fraction of sp³-hybridized carbons (Fsp3) is 0.273. The Balaban J connectivity index is 0.000000157. The number of amides is 3. The summed E-state index contributed by atoms with van der Waals surface area (Å²) in [6.07, 6.45) is 16.0. The Morgan fingerprint density at radius 2 is 0.667 bits per heavy atom. The maximum Gasteiger partial charge on any atom is 0.254 e.